The van der Waals surface area contributed by atoms with Gasteiger partial charge in [-0.05, 0) is 54.0 Å². The zero-order valence-corrected chi connectivity index (χ0v) is 14.4. The minimum atomic E-state index is 0.206. The maximum atomic E-state index is 6.18. The quantitative estimate of drug-likeness (QED) is 0.696. The van der Waals surface area contributed by atoms with Gasteiger partial charge in [0.1, 0.15) is 0 Å². The van der Waals surface area contributed by atoms with E-state index in [0.29, 0.717) is 6.04 Å². The van der Waals surface area contributed by atoms with Gasteiger partial charge in [-0.15, -0.1) is 11.3 Å². The Hall–Kier alpha value is -0.990. The average molecular weight is 320 g/mol. The van der Waals surface area contributed by atoms with Crippen molar-refractivity contribution >= 4 is 28.6 Å². The van der Waals surface area contributed by atoms with Crippen LogP contribution in [0, 0.1) is 0 Å². The summed E-state index contributed by atoms with van der Waals surface area (Å²) in [6.07, 6.45) is 3.59. The highest BCUT2D eigenvalue weighted by atomic mass is 35.5. The molecular formula is C18H22ClNS. The number of hydrogen-bond donors (Lipinski definition) is 1. The van der Waals surface area contributed by atoms with E-state index in [-0.39, 0.29) is 5.41 Å². The van der Waals surface area contributed by atoms with Crippen molar-refractivity contribution in [3.8, 4) is 0 Å². The summed E-state index contributed by atoms with van der Waals surface area (Å²) in [5, 5.41) is 3.68. The van der Waals surface area contributed by atoms with Crippen molar-refractivity contribution in [2.45, 2.75) is 51.5 Å². The first-order chi connectivity index (χ1) is 9.93. The lowest BCUT2D eigenvalue weighted by atomic mass is 9.87. The molecule has 0 fully saturated rings. The van der Waals surface area contributed by atoms with Gasteiger partial charge in [0.05, 0.1) is 10.4 Å². The molecule has 112 valence electrons. The molecule has 21 heavy (non-hydrogen) atoms. The van der Waals surface area contributed by atoms with Gasteiger partial charge in [-0.1, -0.05) is 44.5 Å². The van der Waals surface area contributed by atoms with E-state index in [0.717, 1.165) is 4.34 Å². The number of hydrogen-bond acceptors (Lipinski definition) is 2. The molecule has 1 heterocycles. The van der Waals surface area contributed by atoms with Crippen molar-refractivity contribution in [3.63, 3.8) is 0 Å². The van der Waals surface area contributed by atoms with Crippen LogP contribution in [0.5, 0.6) is 0 Å². The molecule has 0 amide bonds. The van der Waals surface area contributed by atoms with E-state index in [1.165, 1.54) is 41.0 Å². The summed E-state index contributed by atoms with van der Waals surface area (Å²) in [6, 6.07) is 11.4. The van der Waals surface area contributed by atoms with Gasteiger partial charge in [0.15, 0.2) is 0 Å². The number of fused-ring (bicyclic) bond motifs is 1. The van der Waals surface area contributed by atoms with Crippen LogP contribution in [0.4, 0.5) is 5.69 Å². The van der Waals surface area contributed by atoms with Crippen LogP contribution in [0.1, 0.15) is 55.7 Å². The highest BCUT2D eigenvalue weighted by Crippen LogP contribution is 2.39. The average Bonchev–Trinajstić information content (AvgIpc) is 2.80. The van der Waals surface area contributed by atoms with Crippen LogP contribution in [0.2, 0.25) is 4.34 Å². The summed E-state index contributed by atoms with van der Waals surface area (Å²) in [5.41, 5.74) is 4.17. The van der Waals surface area contributed by atoms with Gasteiger partial charge >= 0.3 is 0 Å². The van der Waals surface area contributed by atoms with Gasteiger partial charge in [0.25, 0.3) is 0 Å². The molecule has 1 aromatic carbocycles. The van der Waals surface area contributed by atoms with E-state index in [4.69, 9.17) is 11.6 Å². The molecule has 1 N–H and O–H groups in total. The van der Waals surface area contributed by atoms with Crippen LogP contribution in [0.15, 0.2) is 30.3 Å². The second-order valence-electron chi connectivity index (χ2n) is 6.85. The normalized spacial score (nSPS) is 18.4. The van der Waals surface area contributed by atoms with Gasteiger partial charge < -0.3 is 5.32 Å². The predicted octanol–water partition coefficient (Wildman–Crippen LogP) is 6.19. The molecule has 1 aromatic heterocycles. The summed E-state index contributed by atoms with van der Waals surface area (Å²) in [6.45, 7) is 6.74. The number of benzene rings is 1. The Kier molecular flexibility index (Phi) is 4.02. The van der Waals surface area contributed by atoms with Gasteiger partial charge in [-0.25, -0.2) is 0 Å². The maximum Gasteiger partial charge on any atom is 0.0934 e. The van der Waals surface area contributed by atoms with Crippen molar-refractivity contribution in [1.82, 2.24) is 0 Å². The Labute approximate surface area is 136 Å². The van der Waals surface area contributed by atoms with Crippen molar-refractivity contribution < 1.29 is 0 Å². The van der Waals surface area contributed by atoms with Gasteiger partial charge in [0.2, 0.25) is 0 Å². The second kappa shape index (κ2) is 5.66. The van der Waals surface area contributed by atoms with E-state index in [1.54, 1.807) is 11.3 Å². The van der Waals surface area contributed by atoms with Crippen LogP contribution in [0.25, 0.3) is 0 Å². The van der Waals surface area contributed by atoms with Gasteiger partial charge in [-0.3, -0.25) is 0 Å². The Bertz CT molecular complexity index is 622. The topological polar surface area (TPSA) is 12.0 Å². The molecule has 3 rings (SSSR count). The third-order valence-corrected chi connectivity index (χ3v) is 5.52. The molecule has 1 aliphatic carbocycles. The molecule has 0 saturated heterocycles. The first-order valence-electron chi connectivity index (χ1n) is 7.59. The second-order valence-corrected chi connectivity index (χ2v) is 8.61. The molecule has 0 radical (unpaired) electrons. The fraction of sp³-hybridized carbons (Fsp3) is 0.444. The highest BCUT2D eigenvalue weighted by molar-refractivity contribution is 7.16. The minimum Gasteiger partial charge on any atom is -0.378 e. The van der Waals surface area contributed by atoms with Gasteiger partial charge in [-0.2, -0.15) is 0 Å². The molecule has 2 aromatic rings. The van der Waals surface area contributed by atoms with E-state index in [9.17, 15) is 0 Å². The summed E-state index contributed by atoms with van der Waals surface area (Å²) in [5.74, 6) is 0. The molecule has 3 heteroatoms. The molecule has 1 atom stereocenters. The molecule has 0 bridgehead atoms. The summed E-state index contributed by atoms with van der Waals surface area (Å²) in [4.78, 5) is 1.45. The van der Waals surface area contributed by atoms with Crippen molar-refractivity contribution in [2.24, 2.45) is 0 Å². The SMILES string of the molecule is CC(C)(C)c1ccc(NC2CCCc3sc(Cl)cc32)cc1. The Balaban J connectivity index is 1.78. The van der Waals surface area contributed by atoms with Crippen molar-refractivity contribution in [3.05, 3.63) is 50.7 Å². The molecule has 1 aliphatic rings. The Morgan fingerprint density at radius 2 is 1.90 bits per heavy atom. The monoisotopic (exact) mass is 319 g/mol. The zero-order valence-electron chi connectivity index (χ0n) is 12.9. The van der Waals surface area contributed by atoms with E-state index in [2.05, 4.69) is 56.4 Å². The van der Waals surface area contributed by atoms with E-state index in [1.807, 2.05) is 0 Å². The summed E-state index contributed by atoms with van der Waals surface area (Å²) >= 11 is 7.92. The number of rotatable bonds is 2. The zero-order chi connectivity index (χ0) is 15.0. The molecule has 1 nitrogen and oxygen atoms in total. The fourth-order valence-electron chi connectivity index (χ4n) is 2.94. The van der Waals surface area contributed by atoms with Crippen LogP contribution in [0.3, 0.4) is 0 Å². The Morgan fingerprint density at radius 1 is 1.19 bits per heavy atom. The van der Waals surface area contributed by atoms with Crippen LogP contribution >= 0.6 is 22.9 Å². The summed E-state index contributed by atoms with van der Waals surface area (Å²) < 4.78 is 0.914. The lowest BCUT2D eigenvalue weighted by Crippen LogP contribution is -2.16. The predicted molar refractivity (Wildman–Crippen MR) is 93.8 cm³/mol. The molecule has 0 aliphatic heterocycles. The van der Waals surface area contributed by atoms with Crippen LogP contribution < -0.4 is 5.32 Å². The minimum absolute atomic E-state index is 0.206. The van der Waals surface area contributed by atoms with Crippen molar-refractivity contribution in [1.29, 1.82) is 0 Å². The molecular weight excluding hydrogens is 298 g/mol. The first-order valence-corrected chi connectivity index (χ1v) is 8.78. The van der Waals surface area contributed by atoms with Gasteiger partial charge in [0, 0.05) is 10.6 Å². The largest absolute Gasteiger partial charge is 0.378 e. The fourth-order valence-corrected chi connectivity index (χ4v) is 4.32. The number of aryl methyl sites for hydroxylation is 1. The lowest BCUT2D eigenvalue weighted by molar-refractivity contribution is 0.589. The lowest BCUT2D eigenvalue weighted by Gasteiger charge is -2.25. The third kappa shape index (κ3) is 3.27. The van der Waals surface area contributed by atoms with E-state index < -0.39 is 0 Å². The number of thiophene rings is 1. The maximum absolute atomic E-state index is 6.18. The highest BCUT2D eigenvalue weighted by Gasteiger charge is 2.22. The Morgan fingerprint density at radius 3 is 2.57 bits per heavy atom. The number of anilines is 1. The van der Waals surface area contributed by atoms with E-state index >= 15 is 0 Å². The first kappa shape index (κ1) is 14.9. The molecule has 1 unspecified atom stereocenters. The standard InChI is InChI=1S/C18H22ClNS/c1-18(2,3)12-7-9-13(10-8-12)20-15-5-4-6-16-14(15)11-17(19)21-16/h7-11,15,20H,4-6H2,1-3H3. The third-order valence-electron chi connectivity index (χ3n) is 4.18. The molecule has 0 spiro atoms. The molecule has 0 saturated carbocycles. The number of halogens is 1. The smallest absolute Gasteiger partial charge is 0.0934 e. The van der Waals surface area contributed by atoms with Crippen LogP contribution in [-0.4, -0.2) is 0 Å². The van der Waals surface area contributed by atoms with Crippen LogP contribution in [-0.2, 0) is 11.8 Å². The number of nitrogens with one attached hydrogen (secondary N) is 1. The summed E-state index contributed by atoms with van der Waals surface area (Å²) in [7, 11) is 0. The van der Waals surface area contributed by atoms with Crippen molar-refractivity contribution in [2.75, 3.05) is 5.32 Å².